The molecule has 0 aliphatic heterocycles. The summed E-state index contributed by atoms with van der Waals surface area (Å²) < 4.78 is 0. The highest BCUT2D eigenvalue weighted by atomic mass is 16.4. The number of hydrazine groups is 1. The quantitative estimate of drug-likeness (QED) is 0.121. The van der Waals surface area contributed by atoms with Gasteiger partial charge in [0.05, 0.1) is 0 Å². The average molecular weight is 301 g/mol. The summed E-state index contributed by atoms with van der Waals surface area (Å²) in [5.41, 5.74) is 10.7. The number of carbonyl (C=O) groups is 1. The molecule has 0 fully saturated rings. The van der Waals surface area contributed by atoms with Crippen LogP contribution in [-0.2, 0) is 4.79 Å². The van der Waals surface area contributed by atoms with Gasteiger partial charge in [-0.25, -0.2) is 5.43 Å². The normalized spacial score (nSPS) is 12.6. The Balaban J connectivity index is 4.09. The summed E-state index contributed by atoms with van der Waals surface area (Å²) in [6, 6.07) is -0.706. The summed E-state index contributed by atoms with van der Waals surface area (Å²) >= 11 is 0. The third kappa shape index (κ3) is 10.4. The number of hydrogen-bond acceptors (Lipinski definition) is 4. The molecule has 0 heterocycles. The van der Waals surface area contributed by atoms with Crippen LogP contribution < -0.4 is 27.2 Å². The molecule has 8 N–H and O–H groups in total. The Labute approximate surface area is 125 Å². The fourth-order valence-electron chi connectivity index (χ4n) is 1.57. The summed E-state index contributed by atoms with van der Waals surface area (Å²) in [6.07, 6.45) is 1.91. The van der Waals surface area contributed by atoms with Crippen LogP contribution in [0.4, 0.5) is 0 Å². The van der Waals surface area contributed by atoms with Crippen molar-refractivity contribution in [2.75, 3.05) is 19.6 Å². The Morgan fingerprint density at radius 2 is 2.05 bits per heavy atom. The molecule has 0 saturated carbocycles. The Hall–Kier alpha value is -2.03. The van der Waals surface area contributed by atoms with Crippen molar-refractivity contribution >= 4 is 17.9 Å². The van der Waals surface area contributed by atoms with E-state index >= 15 is 0 Å². The van der Waals surface area contributed by atoms with Gasteiger partial charge in [-0.3, -0.25) is 20.6 Å². The number of unbranched alkanes of at least 4 members (excludes halogenated alkanes) is 1. The molecule has 0 amide bonds. The van der Waals surface area contributed by atoms with Crippen molar-refractivity contribution in [2.45, 2.75) is 39.2 Å². The summed E-state index contributed by atoms with van der Waals surface area (Å²) in [6.45, 7) is 5.70. The van der Waals surface area contributed by atoms with Crippen LogP contribution in [0.15, 0.2) is 4.99 Å². The second-order valence-electron chi connectivity index (χ2n) is 4.35. The molecule has 0 aliphatic carbocycles. The van der Waals surface area contributed by atoms with Gasteiger partial charge in [-0.2, -0.15) is 0 Å². The van der Waals surface area contributed by atoms with Crippen molar-refractivity contribution in [2.24, 2.45) is 10.7 Å². The van der Waals surface area contributed by atoms with E-state index in [1.807, 2.05) is 13.8 Å². The van der Waals surface area contributed by atoms with E-state index in [0.717, 1.165) is 6.42 Å². The summed E-state index contributed by atoms with van der Waals surface area (Å²) in [5.74, 6) is -0.463. The van der Waals surface area contributed by atoms with Gasteiger partial charge in [0.25, 0.3) is 0 Å². The van der Waals surface area contributed by atoms with Crippen LogP contribution in [-0.4, -0.2) is 48.7 Å². The molecule has 0 aromatic rings. The van der Waals surface area contributed by atoms with E-state index in [1.165, 1.54) is 0 Å². The first-order chi connectivity index (χ1) is 10.0. The van der Waals surface area contributed by atoms with Crippen LogP contribution in [0.2, 0.25) is 0 Å². The number of nitrogens with one attached hydrogen (secondary N) is 5. The predicted molar refractivity (Wildman–Crippen MR) is 83.1 cm³/mol. The van der Waals surface area contributed by atoms with E-state index in [0.29, 0.717) is 38.4 Å². The van der Waals surface area contributed by atoms with Gasteiger partial charge in [0.1, 0.15) is 6.04 Å². The Kier molecular flexibility index (Phi) is 10.6. The minimum atomic E-state index is -0.922. The number of hydrogen-bond donors (Lipinski definition) is 7. The monoisotopic (exact) mass is 301 g/mol. The first-order valence-corrected chi connectivity index (χ1v) is 7.11. The largest absolute Gasteiger partial charge is 0.480 e. The Morgan fingerprint density at radius 3 is 2.57 bits per heavy atom. The standard InChI is InChI=1S/C12H27N7O2/c1-3-15-12(16-4-2)19-18-9(10(20)21)7-5-6-8-17-11(13)14/h9,18H,3-8H2,1-2H3,(H,20,21)(H4,13,14,17)(H2,15,16,19)/t9-/m0/s1. The lowest BCUT2D eigenvalue weighted by atomic mass is 10.1. The lowest BCUT2D eigenvalue weighted by Gasteiger charge is -2.17. The van der Waals surface area contributed by atoms with E-state index in [1.54, 1.807) is 0 Å². The molecule has 0 aromatic heterocycles. The van der Waals surface area contributed by atoms with E-state index in [-0.39, 0.29) is 5.96 Å². The van der Waals surface area contributed by atoms with Gasteiger partial charge in [0.15, 0.2) is 5.96 Å². The second-order valence-corrected chi connectivity index (χ2v) is 4.35. The zero-order valence-corrected chi connectivity index (χ0v) is 12.7. The zero-order valence-electron chi connectivity index (χ0n) is 12.7. The number of nitrogens with two attached hydrogens (primary N) is 1. The molecule has 0 radical (unpaired) electrons. The average Bonchev–Trinajstić information content (AvgIpc) is 2.41. The highest BCUT2D eigenvalue weighted by Crippen LogP contribution is 2.00. The van der Waals surface area contributed by atoms with Crippen molar-refractivity contribution in [3.05, 3.63) is 0 Å². The first-order valence-electron chi connectivity index (χ1n) is 7.11. The molecule has 9 heteroatoms. The number of nitrogens with zero attached hydrogens (tertiary/aromatic N) is 1. The summed E-state index contributed by atoms with van der Waals surface area (Å²) in [5, 5.41) is 21.8. The third-order valence-corrected chi connectivity index (χ3v) is 2.56. The maximum atomic E-state index is 11.2. The fraction of sp³-hybridized carbons (Fsp3) is 0.750. The molecule has 0 saturated heterocycles. The molecule has 0 bridgehead atoms. The molecule has 0 spiro atoms. The van der Waals surface area contributed by atoms with Crippen molar-refractivity contribution in [3.63, 3.8) is 0 Å². The van der Waals surface area contributed by atoms with Crippen LogP contribution in [0.25, 0.3) is 0 Å². The molecule has 0 aromatic carbocycles. The SMILES string of the molecule is CCN=C(NCC)NN[C@@H](CCCCNC(=N)N)C(=O)O. The minimum Gasteiger partial charge on any atom is -0.480 e. The zero-order chi connectivity index (χ0) is 16.1. The van der Waals surface area contributed by atoms with Crippen LogP contribution in [0.5, 0.6) is 0 Å². The van der Waals surface area contributed by atoms with Gasteiger partial charge in [0.2, 0.25) is 5.96 Å². The van der Waals surface area contributed by atoms with Gasteiger partial charge in [0, 0.05) is 19.6 Å². The van der Waals surface area contributed by atoms with Gasteiger partial charge < -0.3 is 21.5 Å². The Morgan fingerprint density at radius 1 is 1.33 bits per heavy atom. The smallest absolute Gasteiger partial charge is 0.322 e. The van der Waals surface area contributed by atoms with Gasteiger partial charge in [-0.05, 0) is 33.1 Å². The highest BCUT2D eigenvalue weighted by Gasteiger charge is 2.16. The van der Waals surface area contributed by atoms with Gasteiger partial charge in [-0.15, -0.1) is 0 Å². The second kappa shape index (κ2) is 11.8. The van der Waals surface area contributed by atoms with Gasteiger partial charge >= 0.3 is 5.97 Å². The molecule has 0 aliphatic rings. The van der Waals surface area contributed by atoms with E-state index in [4.69, 9.17) is 16.2 Å². The van der Waals surface area contributed by atoms with Crippen LogP contribution in [0.1, 0.15) is 33.1 Å². The molecular formula is C12H27N7O2. The van der Waals surface area contributed by atoms with E-state index in [2.05, 4.69) is 26.5 Å². The fourth-order valence-corrected chi connectivity index (χ4v) is 1.57. The van der Waals surface area contributed by atoms with E-state index in [9.17, 15) is 4.79 Å². The molecule has 0 rings (SSSR count). The molecule has 9 nitrogen and oxygen atoms in total. The highest BCUT2D eigenvalue weighted by molar-refractivity contribution is 5.80. The predicted octanol–water partition coefficient (Wildman–Crippen LogP) is -0.827. The lowest BCUT2D eigenvalue weighted by molar-refractivity contribution is -0.139. The number of guanidine groups is 2. The first kappa shape index (κ1) is 19.0. The lowest BCUT2D eigenvalue weighted by Crippen LogP contribution is -2.52. The topological polar surface area (TPSA) is 148 Å². The molecule has 122 valence electrons. The third-order valence-electron chi connectivity index (χ3n) is 2.56. The van der Waals surface area contributed by atoms with Crippen molar-refractivity contribution in [3.8, 4) is 0 Å². The molecule has 1 atom stereocenters. The number of aliphatic carboxylic acids is 1. The number of carboxylic acid groups (broad SMARTS) is 1. The number of carboxylic acids is 1. The van der Waals surface area contributed by atoms with E-state index < -0.39 is 12.0 Å². The van der Waals surface area contributed by atoms with Crippen molar-refractivity contribution < 1.29 is 9.90 Å². The van der Waals surface area contributed by atoms with Crippen molar-refractivity contribution in [1.82, 2.24) is 21.5 Å². The summed E-state index contributed by atoms with van der Waals surface area (Å²) in [4.78, 5) is 15.3. The molecule has 0 unspecified atom stereocenters. The molecule has 21 heavy (non-hydrogen) atoms. The minimum absolute atomic E-state index is 0.0735. The van der Waals surface area contributed by atoms with Crippen LogP contribution in [0.3, 0.4) is 0 Å². The number of aliphatic imine (C=N–C) groups is 1. The maximum Gasteiger partial charge on any atom is 0.322 e. The number of rotatable bonds is 10. The van der Waals surface area contributed by atoms with Crippen molar-refractivity contribution in [1.29, 1.82) is 5.41 Å². The van der Waals surface area contributed by atoms with Crippen LogP contribution in [0, 0.1) is 5.41 Å². The van der Waals surface area contributed by atoms with Gasteiger partial charge in [-0.1, -0.05) is 0 Å². The molecular weight excluding hydrogens is 274 g/mol. The maximum absolute atomic E-state index is 11.2. The van der Waals surface area contributed by atoms with Crippen LogP contribution >= 0.6 is 0 Å². The summed E-state index contributed by atoms with van der Waals surface area (Å²) in [7, 11) is 0. The Bertz CT molecular complexity index is 346.